The van der Waals surface area contributed by atoms with Crippen molar-refractivity contribution in [3.05, 3.63) is 107 Å². The molecule has 0 bridgehead atoms. The van der Waals surface area contributed by atoms with Gasteiger partial charge in [-0.05, 0) is 53.9 Å². The van der Waals surface area contributed by atoms with Gasteiger partial charge in [-0.25, -0.2) is 0 Å². The maximum absolute atomic E-state index is 13.3. The molecule has 0 aliphatic carbocycles. The molecule has 32 heavy (non-hydrogen) atoms. The number of para-hydroxylation sites is 1. The molecule has 4 aromatic carbocycles. The molecule has 0 radical (unpaired) electrons. The monoisotopic (exact) mass is 436 g/mol. The highest BCUT2D eigenvalue weighted by Crippen LogP contribution is 2.26. The van der Waals surface area contributed by atoms with Crippen LogP contribution in [0.1, 0.15) is 5.56 Å². The number of hydrogen-bond acceptors (Lipinski definition) is 2. The molecule has 0 unspecified atom stereocenters. The van der Waals surface area contributed by atoms with Crippen molar-refractivity contribution in [3.8, 4) is 0 Å². The second-order valence-corrected chi connectivity index (χ2v) is 8.02. The Bertz CT molecular complexity index is 1590. The van der Waals surface area contributed by atoms with E-state index in [-0.39, 0.29) is 5.91 Å². The molecule has 2 heterocycles. The summed E-state index contributed by atoms with van der Waals surface area (Å²) in [5, 5.41) is 9.12. The summed E-state index contributed by atoms with van der Waals surface area (Å²) in [7, 11) is 0. The van der Waals surface area contributed by atoms with Crippen LogP contribution in [0.2, 0.25) is 5.02 Å². The Morgan fingerprint density at radius 1 is 0.812 bits per heavy atom. The highest BCUT2D eigenvalue weighted by atomic mass is 35.5. The molecule has 6 heteroatoms. The zero-order chi connectivity index (χ0) is 21.7. The third-order valence-corrected chi connectivity index (χ3v) is 5.86. The van der Waals surface area contributed by atoms with E-state index in [9.17, 15) is 4.79 Å². The third kappa shape index (κ3) is 2.94. The van der Waals surface area contributed by atoms with Gasteiger partial charge in [-0.3, -0.25) is 9.36 Å². The summed E-state index contributed by atoms with van der Waals surface area (Å²) in [6.07, 6.45) is 1.59. The number of fused-ring (bicyclic) bond motifs is 2. The van der Waals surface area contributed by atoms with Gasteiger partial charge in [0.05, 0.1) is 11.2 Å². The summed E-state index contributed by atoms with van der Waals surface area (Å²) in [6, 6.07) is 29.2. The first-order valence-electron chi connectivity index (χ1n) is 10.2. The Hall–Kier alpha value is -4.09. The first-order chi connectivity index (χ1) is 15.7. The van der Waals surface area contributed by atoms with Gasteiger partial charge in [-0.15, -0.1) is 5.10 Å². The van der Waals surface area contributed by atoms with Crippen LogP contribution in [0.4, 0.5) is 5.69 Å². The number of aromatic amines is 1. The van der Waals surface area contributed by atoms with E-state index in [0.29, 0.717) is 22.0 Å². The van der Waals surface area contributed by atoms with Crippen LogP contribution in [0.15, 0.2) is 96.1 Å². The molecule has 5 nitrogen and oxygen atoms in total. The fourth-order valence-corrected chi connectivity index (χ4v) is 4.30. The summed E-state index contributed by atoms with van der Waals surface area (Å²) in [5.74, 6) is 0.386. The molecule has 1 N–H and O–H groups in total. The number of halogens is 1. The minimum atomic E-state index is -0.237. The number of hydrazone groups is 1. The SMILES string of the molecule is O=C1C=c2[nH]c3cccc4cccc(c43)n2C(c2ccc(Cl)cc2)=NN1c1ccccc1. The van der Waals surface area contributed by atoms with Crippen molar-refractivity contribution in [1.29, 1.82) is 0 Å². The smallest absolute Gasteiger partial charge is 0.275 e. The second kappa shape index (κ2) is 7.25. The lowest BCUT2D eigenvalue weighted by molar-refractivity contribution is -0.112. The number of carbonyl (C=O) groups is 1. The first-order valence-corrected chi connectivity index (χ1v) is 10.6. The zero-order valence-electron chi connectivity index (χ0n) is 16.9. The number of aromatic nitrogens is 2. The van der Waals surface area contributed by atoms with E-state index in [4.69, 9.17) is 16.7 Å². The number of H-pyrrole nitrogens is 1. The van der Waals surface area contributed by atoms with Crippen molar-refractivity contribution < 1.29 is 4.79 Å². The third-order valence-electron chi connectivity index (χ3n) is 5.61. The number of nitrogens with one attached hydrogen (secondary N) is 1. The van der Waals surface area contributed by atoms with Gasteiger partial charge in [0.25, 0.3) is 5.91 Å². The van der Waals surface area contributed by atoms with Gasteiger partial charge >= 0.3 is 0 Å². The molecule has 1 aromatic heterocycles. The number of carbonyl (C=O) groups excluding carboxylic acids is 1. The van der Waals surface area contributed by atoms with Crippen molar-refractivity contribution in [2.24, 2.45) is 5.10 Å². The van der Waals surface area contributed by atoms with Crippen LogP contribution in [0.25, 0.3) is 27.9 Å². The first kappa shape index (κ1) is 18.7. The Morgan fingerprint density at radius 3 is 2.34 bits per heavy atom. The standard InChI is InChI=1S/C26H17ClN4O/c27-19-14-12-18(13-15-19)26-29-31(20-8-2-1-3-9-20)24(32)16-23-28-21-10-4-6-17-7-5-11-22(25(17)21)30(23)26/h1-16,28H. The molecule has 6 rings (SSSR count). The average molecular weight is 437 g/mol. The highest BCUT2D eigenvalue weighted by Gasteiger charge is 2.22. The maximum Gasteiger partial charge on any atom is 0.275 e. The Labute approximate surface area is 188 Å². The fraction of sp³-hybridized carbons (Fsp3) is 0. The highest BCUT2D eigenvalue weighted by molar-refractivity contribution is 6.30. The zero-order valence-corrected chi connectivity index (χ0v) is 17.6. The van der Waals surface area contributed by atoms with Gasteiger partial charge in [-0.1, -0.05) is 54.1 Å². The minimum Gasteiger partial charge on any atom is -0.341 e. The van der Waals surface area contributed by atoms with Crippen LogP contribution in [0.3, 0.4) is 0 Å². The van der Waals surface area contributed by atoms with E-state index in [1.54, 1.807) is 6.08 Å². The van der Waals surface area contributed by atoms with Gasteiger partial charge in [0, 0.05) is 27.6 Å². The second-order valence-electron chi connectivity index (χ2n) is 7.59. The van der Waals surface area contributed by atoms with Gasteiger partial charge < -0.3 is 4.98 Å². The molecule has 1 amide bonds. The number of amides is 1. The molecule has 0 saturated heterocycles. The number of anilines is 1. The number of rotatable bonds is 2. The van der Waals surface area contributed by atoms with Gasteiger partial charge in [0.15, 0.2) is 5.84 Å². The van der Waals surface area contributed by atoms with E-state index < -0.39 is 0 Å². The predicted octanol–water partition coefficient (Wildman–Crippen LogP) is 5.09. The van der Waals surface area contributed by atoms with E-state index in [0.717, 1.165) is 27.4 Å². The molecule has 154 valence electrons. The van der Waals surface area contributed by atoms with Crippen molar-refractivity contribution in [1.82, 2.24) is 9.55 Å². The summed E-state index contributed by atoms with van der Waals surface area (Å²) in [6.45, 7) is 0. The van der Waals surface area contributed by atoms with E-state index in [1.165, 1.54) is 5.01 Å². The lowest BCUT2D eigenvalue weighted by atomic mass is 10.1. The van der Waals surface area contributed by atoms with E-state index in [1.807, 2.05) is 77.4 Å². The molecule has 1 aliphatic rings. The Balaban J connectivity index is 1.74. The normalized spacial score (nSPS) is 13.6. The molecule has 0 fully saturated rings. The maximum atomic E-state index is 13.3. The number of benzene rings is 4. The molecule has 5 aromatic rings. The summed E-state index contributed by atoms with van der Waals surface area (Å²) < 4.78 is 2.00. The van der Waals surface area contributed by atoms with Crippen LogP contribution in [-0.2, 0) is 4.79 Å². The lowest BCUT2D eigenvalue weighted by Gasteiger charge is -2.19. The quantitative estimate of drug-likeness (QED) is 0.411. The molecular weight excluding hydrogens is 420 g/mol. The van der Waals surface area contributed by atoms with Crippen LogP contribution < -0.4 is 10.5 Å². The molecule has 0 atom stereocenters. The van der Waals surface area contributed by atoms with Crippen molar-refractivity contribution in [2.45, 2.75) is 0 Å². The predicted molar refractivity (Wildman–Crippen MR) is 130 cm³/mol. The van der Waals surface area contributed by atoms with Gasteiger partial charge in [-0.2, -0.15) is 5.01 Å². The van der Waals surface area contributed by atoms with Crippen LogP contribution in [0, 0.1) is 0 Å². The van der Waals surface area contributed by atoms with Crippen molar-refractivity contribution in [2.75, 3.05) is 5.01 Å². The van der Waals surface area contributed by atoms with Gasteiger partial charge in [0.1, 0.15) is 5.48 Å². The van der Waals surface area contributed by atoms with Crippen LogP contribution in [-0.4, -0.2) is 21.3 Å². The van der Waals surface area contributed by atoms with Crippen LogP contribution >= 0.6 is 11.6 Å². The lowest BCUT2D eigenvalue weighted by Crippen LogP contribution is -2.31. The summed E-state index contributed by atoms with van der Waals surface area (Å²) in [4.78, 5) is 16.8. The van der Waals surface area contributed by atoms with E-state index >= 15 is 0 Å². The topological polar surface area (TPSA) is 53.4 Å². The average Bonchev–Trinajstić information content (AvgIpc) is 2.97. The minimum absolute atomic E-state index is 0.237. The van der Waals surface area contributed by atoms with Crippen molar-refractivity contribution >= 4 is 56.9 Å². The number of hydrogen-bond donors (Lipinski definition) is 1. The fourth-order valence-electron chi connectivity index (χ4n) is 4.17. The largest absolute Gasteiger partial charge is 0.341 e. The molecule has 0 saturated carbocycles. The van der Waals surface area contributed by atoms with Crippen molar-refractivity contribution in [3.63, 3.8) is 0 Å². The molecule has 1 aliphatic heterocycles. The van der Waals surface area contributed by atoms with Crippen LogP contribution in [0.5, 0.6) is 0 Å². The molecule has 0 spiro atoms. The summed E-state index contributed by atoms with van der Waals surface area (Å²) >= 11 is 6.16. The Kier molecular flexibility index (Phi) is 4.23. The van der Waals surface area contributed by atoms with Gasteiger partial charge in [0.2, 0.25) is 0 Å². The van der Waals surface area contributed by atoms with E-state index in [2.05, 4.69) is 23.2 Å². The summed E-state index contributed by atoms with van der Waals surface area (Å²) in [5.41, 5.74) is 4.09. The Morgan fingerprint density at radius 2 is 1.56 bits per heavy atom. The number of nitrogens with zero attached hydrogens (tertiary/aromatic N) is 3. The molecular formula is C26H17ClN4O.